The van der Waals surface area contributed by atoms with E-state index in [-0.39, 0.29) is 5.52 Å². The lowest BCUT2D eigenvalue weighted by molar-refractivity contribution is 0.112. The van der Waals surface area contributed by atoms with E-state index in [1.54, 1.807) is 0 Å². The molecule has 1 aromatic carbocycles. The molecule has 4 heteroatoms. The molecule has 2 nitrogen and oxygen atoms in total. The van der Waals surface area contributed by atoms with Gasteiger partial charge in [-0.2, -0.15) is 0 Å². The van der Waals surface area contributed by atoms with Gasteiger partial charge in [-0.15, -0.1) is 0 Å². The molecule has 0 saturated heterocycles. The fourth-order valence-electron chi connectivity index (χ4n) is 1.24. The van der Waals surface area contributed by atoms with Gasteiger partial charge in [-0.05, 0) is 18.2 Å². The number of nitrogens with one attached hydrogen (secondary N) is 1. The van der Waals surface area contributed by atoms with Gasteiger partial charge in [0, 0.05) is 5.39 Å². The van der Waals surface area contributed by atoms with Crippen molar-refractivity contribution in [2.24, 2.45) is 0 Å². The van der Waals surface area contributed by atoms with E-state index in [4.69, 9.17) is 11.6 Å². The third-order valence-corrected chi connectivity index (χ3v) is 2.17. The molecule has 0 saturated carbocycles. The van der Waals surface area contributed by atoms with Crippen molar-refractivity contribution in [2.75, 3.05) is 0 Å². The number of aromatic nitrogens is 1. The van der Waals surface area contributed by atoms with Crippen molar-refractivity contribution in [1.29, 1.82) is 0 Å². The van der Waals surface area contributed by atoms with Gasteiger partial charge in [0.05, 0.1) is 16.2 Å². The molecule has 0 fully saturated rings. The van der Waals surface area contributed by atoms with E-state index in [1.165, 1.54) is 18.2 Å². The fourth-order valence-corrected chi connectivity index (χ4v) is 1.45. The number of aromatic amines is 1. The summed E-state index contributed by atoms with van der Waals surface area (Å²) < 4.78 is 13.1. The predicted octanol–water partition coefficient (Wildman–Crippen LogP) is 2.77. The number of carbonyl (C=O) groups is 1. The molecule has 0 amide bonds. The largest absolute Gasteiger partial charge is 0.350 e. The lowest BCUT2D eigenvalue weighted by Gasteiger charge is -1.93. The molecule has 0 aliphatic rings. The number of rotatable bonds is 1. The first-order valence-electron chi connectivity index (χ1n) is 3.64. The Labute approximate surface area is 78.3 Å². The van der Waals surface area contributed by atoms with Crippen LogP contribution in [0.3, 0.4) is 0 Å². The van der Waals surface area contributed by atoms with E-state index in [1.807, 2.05) is 0 Å². The summed E-state index contributed by atoms with van der Waals surface area (Å²) in [7, 11) is 0. The predicted molar refractivity (Wildman–Crippen MR) is 48.7 cm³/mol. The van der Waals surface area contributed by atoms with E-state index in [9.17, 15) is 9.18 Å². The van der Waals surface area contributed by atoms with Gasteiger partial charge in [-0.3, -0.25) is 4.79 Å². The van der Waals surface area contributed by atoms with Gasteiger partial charge in [0.1, 0.15) is 5.82 Å². The molecular formula is C9H5ClFNO. The normalized spacial score (nSPS) is 10.6. The van der Waals surface area contributed by atoms with Crippen LogP contribution in [-0.2, 0) is 0 Å². The highest BCUT2D eigenvalue weighted by molar-refractivity contribution is 6.35. The van der Waals surface area contributed by atoms with Crippen LogP contribution < -0.4 is 0 Å². The second-order valence-corrected chi connectivity index (χ2v) is 3.07. The third-order valence-electron chi connectivity index (χ3n) is 1.84. The summed E-state index contributed by atoms with van der Waals surface area (Å²) in [6, 6.07) is 4.24. The standard InChI is InChI=1S/C9H5ClFNO/c10-7-1-2-8(11)9-6(7)3-5(4-13)12-9/h1-4,12H. The summed E-state index contributed by atoms with van der Waals surface area (Å²) in [5.41, 5.74) is 0.594. The summed E-state index contributed by atoms with van der Waals surface area (Å²) in [6.07, 6.45) is 0.621. The minimum Gasteiger partial charge on any atom is -0.350 e. The Morgan fingerprint density at radius 2 is 2.23 bits per heavy atom. The topological polar surface area (TPSA) is 32.9 Å². The molecule has 1 aromatic heterocycles. The SMILES string of the molecule is O=Cc1cc2c(Cl)ccc(F)c2[nH]1. The fraction of sp³-hybridized carbons (Fsp3) is 0. The summed E-state index contributed by atoms with van der Waals surface area (Å²) in [6.45, 7) is 0. The van der Waals surface area contributed by atoms with Gasteiger partial charge in [-0.1, -0.05) is 11.6 Å². The summed E-state index contributed by atoms with van der Waals surface area (Å²) in [5, 5.41) is 0.963. The molecule has 13 heavy (non-hydrogen) atoms. The van der Waals surface area contributed by atoms with Crippen molar-refractivity contribution in [3.8, 4) is 0 Å². The Bertz CT molecular complexity index is 439. The molecule has 0 unspecified atom stereocenters. The molecule has 0 bridgehead atoms. The minimum atomic E-state index is -0.410. The van der Waals surface area contributed by atoms with Gasteiger partial charge < -0.3 is 4.98 Å². The van der Waals surface area contributed by atoms with Crippen LogP contribution >= 0.6 is 11.6 Å². The maximum Gasteiger partial charge on any atom is 0.166 e. The highest BCUT2D eigenvalue weighted by atomic mass is 35.5. The van der Waals surface area contributed by atoms with Crippen molar-refractivity contribution in [1.82, 2.24) is 4.98 Å². The van der Waals surface area contributed by atoms with Crippen molar-refractivity contribution < 1.29 is 9.18 Å². The summed E-state index contributed by atoms with van der Waals surface area (Å²) >= 11 is 5.80. The Balaban J connectivity index is 2.87. The molecule has 0 aliphatic heterocycles. The Morgan fingerprint density at radius 3 is 2.85 bits per heavy atom. The molecule has 0 radical (unpaired) electrons. The minimum absolute atomic E-state index is 0.273. The Morgan fingerprint density at radius 1 is 1.46 bits per heavy atom. The average Bonchev–Trinajstić information content (AvgIpc) is 2.56. The second kappa shape index (κ2) is 2.85. The number of hydrogen-bond donors (Lipinski definition) is 1. The number of hydrogen-bond acceptors (Lipinski definition) is 1. The van der Waals surface area contributed by atoms with E-state index >= 15 is 0 Å². The Kier molecular flexibility index (Phi) is 1.81. The first kappa shape index (κ1) is 8.26. The first-order chi connectivity index (χ1) is 6.22. The number of halogens is 2. The van der Waals surface area contributed by atoms with Crippen LogP contribution in [0.25, 0.3) is 10.9 Å². The molecule has 1 heterocycles. The van der Waals surface area contributed by atoms with Gasteiger partial charge in [0.25, 0.3) is 0 Å². The van der Waals surface area contributed by atoms with Crippen LogP contribution in [0.15, 0.2) is 18.2 Å². The van der Waals surface area contributed by atoms with Crippen molar-refractivity contribution in [2.45, 2.75) is 0 Å². The van der Waals surface area contributed by atoms with Crippen LogP contribution in [0, 0.1) is 5.82 Å². The molecular weight excluding hydrogens is 193 g/mol. The number of carbonyl (C=O) groups excluding carboxylic acids is 1. The van der Waals surface area contributed by atoms with Crippen molar-refractivity contribution >= 4 is 28.8 Å². The number of H-pyrrole nitrogens is 1. The van der Waals surface area contributed by atoms with E-state index < -0.39 is 5.82 Å². The number of benzene rings is 1. The molecule has 1 N–H and O–H groups in total. The maximum absolute atomic E-state index is 13.1. The Hall–Kier alpha value is -1.35. The van der Waals surface area contributed by atoms with Crippen LogP contribution in [0.4, 0.5) is 4.39 Å². The van der Waals surface area contributed by atoms with Gasteiger partial charge in [0.2, 0.25) is 0 Å². The molecule has 0 atom stereocenters. The quantitative estimate of drug-likeness (QED) is 0.701. The monoisotopic (exact) mass is 197 g/mol. The molecule has 0 aliphatic carbocycles. The van der Waals surface area contributed by atoms with E-state index in [0.717, 1.165) is 0 Å². The average molecular weight is 198 g/mol. The highest BCUT2D eigenvalue weighted by Gasteiger charge is 2.07. The first-order valence-corrected chi connectivity index (χ1v) is 4.02. The summed E-state index contributed by atoms with van der Waals surface area (Å²) in [5.74, 6) is -0.410. The van der Waals surface area contributed by atoms with Crippen LogP contribution in [0.5, 0.6) is 0 Å². The molecule has 2 aromatic rings. The van der Waals surface area contributed by atoms with Crippen molar-refractivity contribution in [3.05, 3.63) is 34.7 Å². The van der Waals surface area contributed by atoms with Crippen LogP contribution in [0.2, 0.25) is 5.02 Å². The lowest BCUT2D eigenvalue weighted by atomic mass is 10.2. The van der Waals surface area contributed by atoms with E-state index in [0.29, 0.717) is 22.4 Å². The smallest absolute Gasteiger partial charge is 0.166 e. The van der Waals surface area contributed by atoms with Gasteiger partial charge >= 0.3 is 0 Å². The highest BCUT2D eigenvalue weighted by Crippen LogP contribution is 2.25. The molecule has 2 rings (SSSR count). The molecule has 66 valence electrons. The zero-order chi connectivity index (χ0) is 9.42. The van der Waals surface area contributed by atoms with Gasteiger partial charge in [0.15, 0.2) is 6.29 Å². The third kappa shape index (κ3) is 1.21. The van der Waals surface area contributed by atoms with E-state index in [2.05, 4.69) is 4.98 Å². The van der Waals surface area contributed by atoms with Crippen LogP contribution in [-0.4, -0.2) is 11.3 Å². The van der Waals surface area contributed by atoms with Crippen molar-refractivity contribution in [3.63, 3.8) is 0 Å². The second-order valence-electron chi connectivity index (χ2n) is 2.66. The zero-order valence-corrected chi connectivity index (χ0v) is 7.23. The zero-order valence-electron chi connectivity index (χ0n) is 6.47. The van der Waals surface area contributed by atoms with Gasteiger partial charge in [-0.25, -0.2) is 4.39 Å². The number of fused-ring (bicyclic) bond motifs is 1. The maximum atomic E-state index is 13.1. The summed E-state index contributed by atoms with van der Waals surface area (Å²) in [4.78, 5) is 13.0. The number of aldehydes is 1. The lowest BCUT2D eigenvalue weighted by Crippen LogP contribution is -1.79. The molecule has 0 spiro atoms. The van der Waals surface area contributed by atoms with Crippen LogP contribution in [0.1, 0.15) is 10.5 Å².